The van der Waals surface area contributed by atoms with E-state index in [2.05, 4.69) is 12.1 Å². The lowest BCUT2D eigenvalue weighted by atomic mass is 9.90. The maximum Gasteiger partial charge on any atom is 0.0998 e. The molecular formula is C18H8N2. The number of nitriles is 2. The molecule has 2 heteroatoms. The first-order valence-corrected chi connectivity index (χ1v) is 6.34. The van der Waals surface area contributed by atoms with Crippen molar-refractivity contribution in [3.63, 3.8) is 0 Å². The van der Waals surface area contributed by atoms with E-state index >= 15 is 0 Å². The molecule has 0 aliphatic heterocycles. The van der Waals surface area contributed by atoms with Crippen LogP contribution in [-0.4, -0.2) is 0 Å². The zero-order chi connectivity index (χ0) is 13.7. The van der Waals surface area contributed by atoms with Crippen molar-refractivity contribution in [3.05, 3.63) is 59.7 Å². The van der Waals surface area contributed by atoms with Crippen molar-refractivity contribution in [1.82, 2.24) is 0 Å². The predicted octanol–water partition coefficient (Wildman–Crippen LogP) is 4.33. The number of hydrogen-bond acceptors (Lipinski definition) is 2. The third kappa shape index (κ3) is 1.20. The Hall–Kier alpha value is -3.10. The topological polar surface area (TPSA) is 47.6 Å². The predicted molar refractivity (Wildman–Crippen MR) is 79.6 cm³/mol. The van der Waals surface area contributed by atoms with Gasteiger partial charge in [0.05, 0.1) is 23.3 Å². The molecule has 0 N–H and O–H groups in total. The molecule has 0 radical (unpaired) electrons. The highest BCUT2D eigenvalue weighted by molar-refractivity contribution is 6.24. The minimum atomic E-state index is 0.675. The van der Waals surface area contributed by atoms with Gasteiger partial charge in [0.15, 0.2) is 0 Å². The molecule has 4 aromatic carbocycles. The van der Waals surface area contributed by atoms with E-state index in [0.29, 0.717) is 11.1 Å². The fraction of sp³-hybridized carbons (Fsp3) is 0. The molecule has 0 bridgehead atoms. The molecule has 0 aliphatic rings. The van der Waals surface area contributed by atoms with Gasteiger partial charge < -0.3 is 0 Å². The number of nitrogens with zero attached hydrogens (tertiary/aromatic N) is 2. The van der Waals surface area contributed by atoms with Gasteiger partial charge in [-0.2, -0.15) is 10.5 Å². The van der Waals surface area contributed by atoms with Crippen molar-refractivity contribution in [1.29, 1.82) is 10.5 Å². The zero-order valence-corrected chi connectivity index (χ0v) is 10.5. The minimum Gasteiger partial charge on any atom is -0.192 e. The summed E-state index contributed by atoms with van der Waals surface area (Å²) in [5, 5.41) is 24.8. The van der Waals surface area contributed by atoms with Crippen LogP contribution < -0.4 is 0 Å². The molecule has 2 nitrogen and oxygen atoms in total. The Bertz CT molecular complexity index is 974. The minimum absolute atomic E-state index is 0.675. The van der Waals surface area contributed by atoms with E-state index in [-0.39, 0.29) is 0 Å². The molecule has 0 atom stereocenters. The van der Waals surface area contributed by atoms with Crippen molar-refractivity contribution in [2.45, 2.75) is 0 Å². The Labute approximate surface area is 115 Å². The quantitative estimate of drug-likeness (QED) is 0.437. The normalized spacial score (nSPS) is 10.9. The highest BCUT2D eigenvalue weighted by atomic mass is 14.3. The highest BCUT2D eigenvalue weighted by Gasteiger charge is 2.12. The Balaban J connectivity index is 2.42. The summed E-state index contributed by atoms with van der Waals surface area (Å²) in [6.45, 7) is 0. The third-order valence-corrected chi connectivity index (χ3v) is 3.91. The lowest BCUT2D eigenvalue weighted by molar-refractivity contribution is 1.50. The van der Waals surface area contributed by atoms with Gasteiger partial charge in [-0.25, -0.2) is 0 Å². The van der Waals surface area contributed by atoms with Gasteiger partial charge in [-0.1, -0.05) is 36.4 Å². The van der Waals surface area contributed by atoms with E-state index in [9.17, 15) is 10.5 Å². The molecule has 0 amide bonds. The smallest absolute Gasteiger partial charge is 0.0998 e. The zero-order valence-electron chi connectivity index (χ0n) is 10.5. The molecule has 4 rings (SSSR count). The SMILES string of the molecule is N#Cc1ccc2ccc3c(C#N)ccc4ccc1c2c43. The second kappa shape index (κ2) is 3.70. The molecule has 4 aromatic rings. The van der Waals surface area contributed by atoms with Crippen molar-refractivity contribution in [3.8, 4) is 12.1 Å². The van der Waals surface area contributed by atoms with Gasteiger partial charge in [0, 0.05) is 10.8 Å². The molecule has 0 heterocycles. The molecular weight excluding hydrogens is 244 g/mol. The van der Waals surface area contributed by atoms with Gasteiger partial charge >= 0.3 is 0 Å². The van der Waals surface area contributed by atoms with E-state index < -0.39 is 0 Å². The first-order chi connectivity index (χ1) is 9.83. The van der Waals surface area contributed by atoms with E-state index in [1.165, 1.54) is 0 Å². The maximum absolute atomic E-state index is 9.27. The van der Waals surface area contributed by atoms with Gasteiger partial charge in [0.2, 0.25) is 0 Å². The first-order valence-electron chi connectivity index (χ1n) is 6.34. The van der Waals surface area contributed by atoms with Crippen molar-refractivity contribution in [2.24, 2.45) is 0 Å². The van der Waals surface area contributed by atoms with Crippen molar-refractivity contribution < 1.29 is 0 Å². The second-order valence-corrected chi connectivity index (χ2v) is 4.87. The van der Waals surface area contributed by atoms with Gasteiger partial charge in [-0.05, 0) is 33.7 Å². The van der Waals surface area contributed by atoms with Crippen LogP contribution >= 0.6 is 0 Å². The van der Waals surface area contributed by atoms with Crippen LogP contribution in [-0.2, 0) is 0 Å². The summed E-state index contributed by atoms with van der Waals surface area (Å²) in [7, 11) is 0. The average Bonchev–Trinajstić information content (AvgIpc) is 2.52. The van der Waals surface area contributed by atoms with Crippen LogP contribution in [0.5, 0.6) is 0 Å². The van der Waals surface area contributed by atoms with Crippen molar-refractivity contribution >= 4 is 32.3 Å². The van der Waals surface area contributed by atoms with Crippen LogP contribution in [0.15, 0.2) is 48.5 Å². The summed E-state index contributed by atoms with van der Waals surface area (Å²) >= 11 is 0. The average molecular weight is 252 g/mol. The molecule has 0 unspecified atom stereocenters. The van der Waals surface area contributed by atoms with Crippen LogP contribution in [0.3, 0.4) is 0 Å². The van der Waals surface area contributed by atoms with E-state index in [1.807, 2.05) is 48.5 Å². The van der Waals surface area contributed by atoms with Crippen LogP contribution in [0.2, 0.25) is 0 Å². The molecule has 0 saturated carbocycles. The summed E-state index contributed by atoms with van der Waals surface area (Å²) < 4.78 is 0. The Kier molecular flexibility index (Phi) is 1.99. The number of rotatable bonds is 0. The summed E-state index contributed by atoms with van der Waals surface area (Å²) in [5.41, 5.74) is 1.35. The van der Waals surface area contributed by atoms with E-state index in [1.54, 1.807) is 0 Å². The third-order valence-electron chi connectivity index (χ3n) is 3.91. The van der Waals surface area contributed by atoms with E-state index in [0.717, 1.165) is 32.3 Å². The molecule has 20 heavy (non-hydrogen) atoms. The van der Waals surface area contributed by atoms with Crippen LogP contribution in [0.25, 0.3) is 32.3 Å². The maximum atomic E-state index is 9.27. The van der Waals surface area contributed by atoms with Crippen molar-refractivity contribution in [2.75, 3.05) is 0 Å². The van der Waals surface area contributed by atoms with Crippen LogP contribution in [0, 0.1) is 22.7 Å². The molecule has 90 valence electrons. The summed E-state index contributed by atoms with van der Waals surface area (Å²) in [6, 6.07) is 20.2. The summed E-state index contributed by atoms with van der Waals surface area (Å²) in [4.78, 5) is 0. The fourth-order valence-corrected chi connectivity index (χ4v) is 3.00. The largest absolute Gasteiger partial charge is 0.192 e. The standard InChI is InChI=1S/C18H8N2/c19-9-13-3-1-11-5-7-16-14(10-20)4-2-12-6-8-15(13)17(11)18(12)16/h1-8H. The lowest BCUT2D eigenvalue weighted by Crippen LogP contribution is -1.88. The first kappa shape index (κ1) is 10.8. The van der Waals surface area contributed by atoms with Crippen LogP contribution in [0.1, 0.15) is 11.1 Å². The van der Waals surface area contributed by atoms with Gasteiger partial charge in [0.25, 0.3) is 0 Å². The second-order valence-electron chi connectivity index (χ2n) is 4.87. The molecule has 0 saturated heterocycles. The Morgan fingerprint density at radius 3 is 1.35 bits per heavy atom. The Morgan fingerprint density at radius 2 is 0.950 bits per heavy atom. The number of benzene rings is 4. The molecule has 0 aromatic heterocycles. The fourth-order valence-electron chi connectivity index (χ4n) is 3.00. The monoisotopic (exact) mass is 252 g/mol. The molecule has 0 aliphatic carbocycles. The molecule has 0 fully saturated rings. The van der Waals surface area contributed by atoms with Gasteiger partial charge in [-0.15, -0.1) is 0 Å². The summed E-state index contributed by atoms with van der Waals surface area (Å²) in [5.74, 6) is 0. The molecule has 0 spiro atoms. The highest BCUT2D eigenvalue weighted by Crippen LogP contribution is 2.36. The van der Waals surface area contributed by atoms with Gasteiger partial charge in [0.1, 0.15) is 0 Å². The van der Waals surface area contributed by atoms with Crippen LogP contribution in [0.4, 0.5) is 0 Å². The van der Waals surface area contributed by atoms with Gasteiger partial charge in [-0.3, -0.25) is 0 Å². The Morgan fingerprint density at radius 1 is 0.550 bits per heavy atom. The lowest BCUT2D eigenvalue weighted by Gasteiger charge is -2.12. The number of hydrogen-bond donors (Lipinski definition) is 0. The summed E-state index contributed by atoms with van der Waals surface area (Å²) in [6.07, 6.45) is 0. The van der Waals surface area contributed by atoms with E-state index in [4.69, 9.17) is 0 Å².